The van der Waals surface area contributed by atoms with Crippen LogP contribution >= 0.6 is 0 Å². The van der Waals surface area contributed by atoms with Crippen LogP contribution in [-0.2, 0) is 11.3 Å². The monoisotopic (exact) mass is 409 g/mol. The van der Waals surface area contributed by atoms with Crippen molar-refractivity contribution in [1.29, 1.82) is 0 Å². The van der Waals surface area contributed by atoms with E-state index in [-0.39, 0.29) is 5.91 Å². The first kappa shape index (κ1) is 21.9. The summed E-state index contributed by atoms with van der Waals surface area (Å²) in [5.41, 5.74) is 2.20. The third-order valence-electron chi connectivity index (χ3n) is 5.30. The predicted octanol–water partition coefficient (Wildman–Crippen LogP) is 2.65. The van der Waals surface area contributed by atoms with Gasteiger partial charge in [0.05, 0.1) is 14.2 Å². The molecule has 0 unspecified atom stereocenters. The first-order valence-electron chi connectivity index (χ1n) is 10.3. The molecule has 1 amide bonds. The lowest BCUT2D eigenvalue weighted by Crippen LogP contribution is -2.47. The van der Waals surface area contributed by atoms with Crippen LogP contribution < -0.4 is 14.8 Å². The van der Waals surface area contributed by atoms with Gasteiger partial charge in [-0.2, -0.15) is 0 Å². The molecular weight excluding hydrogens is 378 g/mol. The van der Waals surface area contributed by atoms with Gasteiger partial charge in [-0.05, 0) is 23.8 Å². The van der Waals surface area contributed by atoms with Gasteiger partial charge in [0.2, 0.25) is 5.91 Å². The summed E-state index contributed by atoms with van der Waals surface area (Å²) in [6, 6.07) is 16.1. The minimum atomic E-state index is -0.101. The van der Waals surface area contributed by atoms with E-state index in [1.807, 2.05) is 12.1 Å². The smallest absolute Gasteiger partial charge is 0.244 e. The molecule has 30 heavy (non-hydrogen) atoms. The number of piperazine rings is 1. The number of hydrogen-bond acceptors (Lipinski definition) is 5. The molecule has 2 aromatic rings. The highest BCUT2D eigenvalue weighted by atomic mass is 16.5. The largest absolute Gasteiger partial charge is 0.497 e. The fraction of sp³-hybridized carbons (Fsp3) is 0.375. The van der Waals surface area contributed by atoms with Crippen molar-refractivity contribution in [2.75, 3.05) is 53.5 Å². The molecule has 2 aromatic carbocycles. The molecule has 0 atom stereocenters. The molecule has 6 nitrogen and oxygen atoms in total. The van der Waals surface area contributed by atoms with Crippen molar-refractivity contribution in [3.8, 4) is 11.5 Å². The lowest BCUT2D eigenvalue weighted by Gasteiger charge is -2.34. The van der Waals surface area contributed by atoms with Crippen molar-refractivity contribution < 1.29 is 14.3 Å². The first-order valence-corrected chi connectivity index (χ1v) is 10.3. The van der Waals surface area contributed by atoms with Gasteiger partial charge in [0.1, 0.15) is 11.5 Å². The van der Waals surface area contributed by atoms with Crippen LogP contribution in [-0.4, -0.2) is 69.2 Å². The second-order valence-electron chi connectivity index (χ2n) is 7.34. The number of rotatable bonds is 9. The molecule has 0 aliphatic carbocycles. The standard InChI is InChI=1S/C24H31N3O3/c1-29-22-10-8-21(23(18-22)30-2)9-11-24(28)25-12-13-26-14-16-27(17-15-26)19-20-6-4-3-5-7-20/h3-11,18H,12-17,19H2,1-2H3,(H,25,28)/b11-9+. The molecule has 160 valence electrons. The third kappa shape index (κ3) is 6.61. The molecule has 0 radical (unpaired) electrons. The van der Waals surface area contributed by atoms with Crippen LogP contribution in [0.4, 0.5) is 0 Å². The molecule has 0 saturated carbocycles. The van der Waals surface area contributed by atoms with E-state index in [0.717, 1.165) is 50.6 Å². The van der Waals surface area contributed by atoms with Gasteiger partial charge in [-0.15, -0.1) is 0 Å². The summed E-state index contributed by atoms with van der Waals surface area (Å²) in [4.78, 5) is 17.0. The van der Waals surface area contributed by atoms with E-state index in [1.165, 1.54) is 5.56 Å². The van der Waals surface area contributed by atoms with Gasteiger partial charge >= 0.3 is 0 Å². The van der Waals surface area contributed by atoms with Gasteiger partial charge < -0.3 is 14.8 Å². The lowest BCUT2D eigenvalue weighted by atomic mass is 10.1. The van der Waals surface area contributed by atoms with E-state index in [2.05, 4.69) is 45.4 Å². The van der Waals surface area contributed by atoms with Crippen LogP contribution in [0.5, 0.6) is 11.5 Å². The highest BCUT2D eigenvalue weighted by molar-refractivity contribution is 5.92. The lowest BCUT2D eigenvalue weighted by molar-refractivity contribution is -0.116. The Morgan fingerprint density at radius 2 is 1.73 bits per heavy atom. The van der Waals surface area contributed by atoms with Crippen molar-refractivity contribution >= 4 is 12.0 Å². The Bertz CT molecular complexity index is 831. The topological polar surface area (TPSA) is 54.0 Å². The number of nitrogens with one attached hydrogen (secondary N) is 1. The minimum absolute atomic E-state index is 0.101. The maximum atomic E-state index is 12.1. The predicted molar refractivity (Wildman–Crippen MR) is 120 cm³/mol. The molecule has 1 heterocycles. The van der Waals surface area contributed by atoms with Gasteiger partial charge in [0.25, 0.3) is 0 Å². The van der Waals surface area contributed by atoms with Gasteiger partial charge in [-0.25, -0.2) is 0 Å². The second kappa shape index (κ2) is 11.4. The average molecular weight is 410 g/mol. The van der Waals surface area contributed by atoms with Gasteiger partial charge in [-0.1, -0.05) is 30.3 Å². The molecule has 1 aliphatic heterocycles. The summed E-state index contributed by atoms with van der Waals surface area (Å²) in [6.45, 7) is 6.68. The number of nitrogens with zero attached hydrogens (tertiary/aromatic N) is 2. The van der Waals surface area contributed by atoms with Crippen LogP contribution in [0.15, 0.2) is 54.6 Å². The van der Waals surface area contributed by atoms with Crippen LogP contribution in [0.3, 0.4) is 0 Å². The molecule has 1 N–H and O–H groups in total. The molecule has 3 rings (SSSR count). The second-order valence-corrected chi connectivity index (χ2v) is 7.34. The summed E-state index contributed by atoms with van der Waals surface area (Å²) < 4.78 is 10.5. The number of ether oxygens (including phenoxy) is 2. The van der Waals surface area contributed by atoms with Crippen molar-refractivity contribution in [1.82, 2.24) is 15.1 Å². The van der Waals surface area contributed by atoms with Crippen LogP contribution in [0.2, 0.25) is 0 Å². The maximum absolute atomic E-state index is 12.1. The zero-order valence-electron chi connectivity index (χ0n) is 17.8. The maximum Gasteiger partial charge on any atom is 0.244 e. The van der Waals surface area contributed by atoms with Crippen molar-refractivity contribution in [2.24, 2.45) is 0 Å². The number of methoxy groups -OCH3 is 2. The van der Waals surface area contributed by atoms with Crippen LogP contribution in [0, 0.1) is 0 Å². The van der Waals surface area contributed by atoms with Gasteiger partial charge in [0, 0.05) is 63.5 Å². The Morgan fingerprint density at radius 3 is 2.43 bits per heavy atom. The number of carbonyl (C=O) groups is 1. The van der Waals surface area contributed by atoms with E-state index < -0.39 is 0 Å². The van der Waals surface area contributed by atoms with E-state index >= 15 is 0 Å². The number of hydrogen-bond donors (Lipinski definition) is 1. The zero-order valence-corrected chi connectivity index (χ0v) is 17.8. The quantitative estimate of drug-likeness (QED) is 0.646. The highest BCUT2D eigenvalue weighted by Crippen LogP contribution is 2.25. The van der Waals surface area contributed by atoms with Gasteiger partial charge in [-0.3, -0.25) is 14.6 Å². The average Bonchev–Trinajstić information content (AvgIpc) is 2.79. The molecule has 0 aromatic heterocycles. The molecular formula is C24H31N3O3. The van der Waals surface area contributed by atoms with Gasteiger partial charge in [0.15, 0.2) is 0 Å². The fourth-order valence-electron chi connectivity index (χ4n) is 3.53. The van der Waals surface area contributed by atoms with Crippen molar-refractivity contribution in [3.63, 3.8) is 0 Å². The molecule has 6 heteroatoms. The van der Waals surface area contributed by atoms with E-state index in [0.29, 0.717) is 12.3 Å². The third-order valence-corrected chi connectivity index (χ3v) is 5.30. The Morgan fingerprint density at radius 1 is 1.00 bits per heavy atom. The number of benzene rings is 2. The van der Waals surface area contributed by atoms with Crippen LogP contribution in [0.25, 0.3) is 6.08 Å². The first-order chi connectivity index (χ1) is 14.7. The van der Waals surface area contributed by atoms with Crippen molar-refractivity contribution in [2.45, 2.75) is 6.54 Å². The number of amides is 1. The van der Waals surface area contributed by atoms with E-state index in [4.69, 9.17) is 9.47 Å². The summed E-state index contributed by atoms with van der Waals surface area (Å²) in [6.07, 6.45) is 3.30. The summed E-state index contributed by atoms with van der Waals surface area (Å²) in [5, 5.41) is 2.96. The van der Waals surface area contributed by atoms with Crippen LogP contribution in [0.1, 0.15) is 11.1 Å². The van der Waals surface area contributed by atoms with E-state index in [1.54, 1.807) is 32.4 Å². The summed E-state index contributed by atoms with van der Waals surface area (Å²) in [7, 11) is 3.21. The Labute approximate surface area is 179 Å². The minimum Gasteiger partial charge on any atom is -0.497 e. The van der Waals surface area contributed by atoms with Crippen molar-refractivity contribution in [3.05, 3.63) is 65.7 Å². The summed E-state index contributed by atoms with van der Waals surface area (Å²) in [5.74, 6) is 1.29. The Kier molecular flexibility index (Phi) is 8.30. The molecule has 1 aliphatic rings. The molecule has 1 saturated heterocycles. The normalized spacial score (nSPS) is 15.3. The summed E-state index contributed by atoms with van der Waals surface area (Å²) >= 11 is 0. The highest BCUT2D eigenvalue weighted by Gasteiger charge is 2.16. The SMILES string of the molecule is COc1ccc(/C=C/C(=O)NCCN2CCN(Cc3ccccc3)CC2)c(OC)c1. The Balaban J connectivity index is 1.36. The molecule has 0 bridgehead atoms. The Hall–Kier alpha value is -2.83. The number of carbonyl (C=O) groups excluding carboxylic acids is 1. The van der Waals surface area contributed by atoms with E-state index in [9.17, 15) is 4.79 Å². The zero-order chi connectivity index (χ0) is 21.2. The molecule has 1 fully saturated rings. The molecule has 0 spiro atoms. The fourth-order valence-corrected chi connectivity index (χ4v) is 3.53.